The Morgan fingerprint density at radius 2 is 2.00 bits per heavy atom. The van der Waals surface area contributed by atoms with Gasteiger partial charge in [-0.1, -0.05) is 6.42 Å². The molecule has 1 saturated heterocycles. The first-order valence-corrected chi connectivity index (χ1v) is 6.14. The van der Waals surface area contributed by atoms with Crippen molar-refractivity contribution in [3.05, 3.63) is 24.0 Å². The predicted molar refractivity (Wildman–Crippen MR) is 67.2 cm³/mol. The molecule has 0 amide bonds. The summed E-state index contributed by atoms with van der Waals surface area (Å²) in [5, 5.41) is 2.37. The number of hydrazine groups is 1. The Bertz CT molecular complexity index is 341. The Labute approximate surface area is 97.8 Å². The van der Waals surface area contributed by atoms with Crippen LogP contribution in [0.15, 0.2) is 18.3 Å². The van der Waals surface area contributed by atoms with Gasteiger partial charge in [0.15, 0.2) is 0 Å². The number of hydrogen-bond acceptors (Lipinski definition) is 3. The minimum absolute atomic E-state index is 0.609. The molecule has 0 radical (unpaired) electrons. The zero-order chi connectivity index (χ0) is 11.5. The van der Waals surface area contributed by atoms with Gasteiger partial charge in [0.05, 0.1) is 5.69 Å². The largest absolute Gasteiger partial charge is 0.318 e. The Balaban J connectivity index is 2.07. The fourth-order valence-electron chi connectivity index (χ4n) is 2.41. The van der Waals surface area contributed by atoms with E-state index in [1.807, 2.05) is 19.2 Å². The van der Waals surface area contributed by atoms with Crippen LogP contribution in [0.2, 0.25) is 0 Å². The van der Waals surface area contributed by atoms with Gasteiger partial charge in [0, 0.05) is 24.0 Å². The van der Waals surface area contributed by atoms with Crippen LogP contribution in [-0.4, -0.2) is 22.1 Å². The van der Waals surface area contributed by atoms with Crippen LogP contribution in [0.1, 0.15) is 38.8 Å². The van der Waals surface area contributed by atoms with Gasteiger partial charge in [0.25, 0.3) is 0 Å². The third kappa shape index (κ3) is 2.53. The van der Waals surface area contributed by atoms with E-state index in [1.54, 1.807) is 0 Å². The summed E-state index contributed by atoms with van der Waals surface area (Å²) in [6.07, 6.45) is 5.76. The number of piperidine rings is 1. The van der Waals surface area contributed by atoms with E-state index in [0.717, 1.165) is 11.4 Å². The van der Waals surface area contributed by atoms with Gasteiger partial charge in [-0.15, -0.1) is 0 Å². The smallest absolute Gasteiger partial charge is 0.0523 e. The number of nitrogens with zero attached hydrogens (tertiary/aromatic N) is 2. The normalized spacial score (nSPS) is 26.7. The van der Waals surface area contributed by atoms with Crippen molar-refractivity contribution >= 4 is 5.69 Å². The van der Waals surface area contributed by atoms with Crippen LogP contribution < -0.4 is 5.43 Å². The number of aryl methyl sites for hydroxylation is 1. The van der Waals surface area contributed by atoms with Gasteiger partial charge in [0.1, 0.15) is 0 Å². The summed E-state index contributed by atoms with van der Waals surface area (Å²) in [6.45, 7) is 6.60. The minimum Gasteiger partial charge on any atom is -0.318 e. The summed E-state index contributed by atoms with van der Waals surface area (Å²) in [4.78, 5) is 4.21. The van der Waals surface area contributed by atoms with Gasteiger partial charge in [-0.25, -0.2) is 5.01 Å². The molecule has 0 saturated carbocycles. The summed E-state index contributed by atoms with van der Waals surface area (Å²) in [5.74, 6) is 0. The highest BCUT2D eigenvalue weighted by Gasteiger charge is 2.24. The molecule has 88 valence electrons. The molecule has 1 aromatic rings. The van der Waals surface area contributed by atoms with Gasteiger partial charge in [0.2, 0.25) is 0 Å². The van der Waals surface area contributed by atoms with Gasteiger partial charge in [-0.2, -0.15) is 0 Å². The first-order valence-electron chi connectivity index (χ1n) is 6.14. The topological polar surface area (TPSA) is 28.2 Å². The standard InChI is InChI=1S/C13H21N3/c1-10-9-13(7-8-14-10)15-16-11(2)5-4-6-12(16)3/h7-9,11-12H,4-6H2,1-3H3,(H,14,15). The molecule has 1 aliphatic rings. The van der Waals surface area contributed by atoms with Crippen LogP contribution in [0.4, 0.5) is 5.69 Å². The van der Waals surface area contributed by atoms with E-state index in [9.17, 15) is 0 Å². The lowest BCUT2D eigenvalue weighted by molar-refractivity contribution is 0.136. The van der Waals surface area contributed by atoms with Gasteiger partial charge >= 0.3 is 0 Å². The van der Waals surface area contributed by atoms with Crippen molar-refractivity contribution in [1.29, 1.82) is 0 Å². The molecule has 1 aromatic heterocycles. The van der Waals surface area contributed by atoms with E-state index in [-0.39, 0.29) is 0 Å². The summed E-state index contributed by atoms with van der Waals surface area (Å²) in [7, 11) is 0. The Kier molecular flexibility index (Phi) is 3.44. The van der Waals surface area contributed by atoms with E-state index < -0.39 is 0 Å². The molecule has 1 aliphatic heterocycles. The number of aromatic nitrogens is 1. The lowest BCUT2D eigenvalue weighted by atomic mass is 10.00. The van der Waals surface area contributed by atoms with E-state index in [1.165, 1.54) is 19.3 Å². The maximum absolute atomic E-state index is 4.21. The Morgan fingerprint density at radius 1 is 1.31 bits per heavy atom. The molecular weight excluding hydrogens is 198 g/mol. The van der Waals surface area contributed by atoms with Gasteiger partial charge < -0.3 is 5.43 Å². The first-order chi connectivity index (χ1) is 7.66. The van der Waals surface area contributed by atoms with E-state index in [0.29, 0.717) is 12.1 Å². The molecule has 16 heavy (non-hydrogen) atoms. The molecule has 0 bridgehead atoms. The van der Waals surface area contributed by atoms with Crippen LogP contribution in [0.25, 0.3) is 0 Å². The van der Waals surface area contributed by atoms with Crippen molar-refractivity contribution in [1.82, 2.24) is 9.99 Å². The zero-order valence-electron chi connectivity index (χ0n) is 10.4. The monoisotopic (exact) mass is 219 g/mol. The highest BCUT2D eigenvalue weighted by Crippen LogP contribution is 2.23. The van der Waals surface area contributed by atoms with Crippen molar-refractivity contribution in [3.8, 4) is 0 Å². The fraction of sp³-hybridized carbons (Fsp3) is 0.615. The van der Waals surface area contributed by atoms with Crippen LogP contribution in [0.3, 0.4) is 0 Å². The molecular formula is C13H21N3. The van der Waals surface area contributed by atoms with Crippen molar-refractivity contribution in [2.45, 2.75) is 52.1 Å². The SMILES string of the molecule is Cc1cc(NN2C(C)CCCC2C)ccn1. The molecule has 0 aliphatic carbocycles. The molecule has 1 N–H and O–H groups in total. The highest BCUT2D eigenvalue weighted by molar-refractivity contribution is 5.42. The Hall–Kier alpha value is -1.09. The number of hydrogen-bond donors (Lipinski definition) is 1. The summed E-state index contributed by atoms with van der Waals surface area (Å²) in [6, 6.07) is 5.34. The van der Waals surface area contributed by atoms with Crippen LogP contribution in [0, 0.1) is 6.92 Å². The third-order valence-electron chi connectivity index (χ3n) is 3.35. The number of rotatable bonds is 2. The second kappa shape index (κ2) is 4.83. The quantitative estimate of drug-likeness (QED) is 0.829. The van der Waals surface area contributed by atoms with Crippen LogP contribution >= 0.6 is 0 Å². The third-order valence-corrected chi connectivity index (χ3v) is 3.35. The fourth-order valence-corrected chi connectivity index (χ4v) is 2.41. The maximum atomic E-state index is 4.21. The van der Waals surface area contributed by atoms with E-state index in [4.69, 9.17) is 0 Å². The van der Waals surface area contributed by atoms with E-state index >= 15 is 0 Å². The van der Waals surface area contributed by atoms with Gasteiger partial charge in [-0.3, -0.25) is 4.98 Å². The molecule has 2 unspecified atom stereocenters. The molecule has 3 heteroatoms. The molecule has 2 rings (SSSR count). The maximum Gasteiger partial charge on any atom is 0.0523 e. The zero-order valence-corrected chi connectivity index (χ0v) is 10.4. The summed E-state index contributed by atoms with van der Waals surface area (Å²) in [5.41, 5.74) is 5.72. The van der Waals surface area contributed by atoms with Crippen molar-refractivity contribution in [2.75, 3.05) is 5.43 Å². The van der Waals surface area contributed by atoms with Crippen molar-refractivity contribution < 1.29 is 0 Å². The average Bonchev–Trinajstić information content (AvgIpc) is 2.24. The second-order valence-electron chi connectivity index (χ2n) is 4.83. The lowest BCUT2D eigenvalue weighted by Gasteiger charge is -2.39. The van der Waals surface area contributed by atoms with Gasteiger partial charge in [-0.05, 0) is 45.7 Å². The molecule has 1 fully saturated rings. The summed E-state index contributed by atoms with van der Waals surface area (Å²) < 4.78 is 0. The number of nitrogens with one attached hydrogen (secondary N) is 1. The second-order valence-corrected chi connectivity index (χ2v) is 4.83. The van der Waals surface area contributed by atoms with E-state index in [2.05, 4.69) is 35.3 Å². The summed E-state index contributed by atoms with van der Waals surface area (Å²) >= 11 is 0. The number of pyridine rings is 1. The molecule has 0 aromatic carbocycles. The van der Waals surface area contributed by atoms with Crippen molar-refractivity contribution in [2.24, 2.45) is 0 Å². The lowest BCUT2D eigenvalue weighted by Crippen LogP contribution is -2.47. The molecule has 3 nitrogen and oxygen atoms in total. The highest BCUT2D eigenvalue weighted by atomic mass is 15.5. The first kappa shape index (κ1) is 11.4. The Morgan fingerprint density at radius 3 is 2.62 bits per heavy atom. The molecule has 0 spiro atoms. The number of anilines is 1. The molecule has 2 atom stereocenters. The predicted octanol–water partition coefficient (Wildman–Crippen LogP) is 2.98. The molecule has 2 heterocycles. The average molecular weight is 219 g/mol. The van der Waals surface area contributed by atoms with Crippen LogP contribution in [0.5, 0.6) is 0 Å². The minimum atomic E-state index is 0.609. The van der Waals surface area contributed by atoms with Crippen LogP contribution in [-0.2, 0) is 0 Å². The van der Waals surface area contributed by atoms with Crippen molar-refractivity contribution in [3.63, 3.8) is 0 Å².